The Bertz CT molecular complexity index is 1210. The third kappa shape index (κ3) is 4.79. The SMILES string of the molecule is O=C(NNc1ncnc(Nc2ccc(Oc3ccccc3)cc2)c1[N+](=O)[O-])c1ccco1. The molecule has 11 heteroatoms. The molecule has 0 aliphatic heterocycles. The van der Waals surface area contributed by atoms with Crippen LogP contribution in [0, 0.1) is 10.1 Å². The van der Waals surface area contributed by atoms with Crippen LogP contribution < -0.4 is 20.9 Å². The largest absolute Gasteiger partial charge is 0.459 e. The topological polar surface area (TPSA) is 144 Å². The van der Waals surface area contributed by atoms with Crippen molar-refractivity contribution < 1.29 is 18.9 Å². The predicted molar refractivity (Wildman–Crippen MR) is 115 cm³/mol. The number of hydrogen-bond donors (Lipinski definition) is 3. The Labute approximate surface area is 181 Å². The molecule has 0 aliphatic rings. The lowest BCUT2D eigenvalue weighted by Gasteiger charge is -2.11. The summed E-state index contributed by atoms with van der Waals surface area (Å²) in [5.74, 6) is 0.443. The number of rotatable bonds is 8. The Balaban J connectivity index is 1.49. The molecule has 0 bridgehead atoms. The standard InChI is InChI=1S/C21H16N6O5/c28-21(17-7-4-12-31-17)26-25-20-18(27(29)30)19(22-13-23-20)24-14-8-10-16(11-9-14)32-15-5-2-1-3-6-15/h1-13H,(H,26,28)(H2,22,23,24,25). The van der Waals surface area contributed by atoms with E-state index in [1.54, 1.807) is 30.3 Å². The van der Waals surface area contributed by atoms with Gasteiger partial charge in [-0.05, 0) is 48.5 Å². The van der Waals surface area contributed by atoms with Crippen LogP contribution in [0.3, 0.4) is 0 Å². The van der Waals surface area contributed by atoms with Crippen molar-refractivity contribution in [1.29, 1.82) is 0 Å². The summed E-state index contributed by atoms with van der Waals surface area (Å²) in [5.41, 5.74) is 4.82. The van der Waals surface area contributed by atoms with Crippen LogP contribution in [0.1, 0.15) is 10.6 Å². The van der Waals surface area contributed by atoms with Crippen LogP contribution in [0.4, 0.5) is 23.0 Å². The second kappa shape index (κ2) is 9.26. The van der Waals surface area contributed by atoms with Crippen molar-refractivity contribution in [3.05, 3.63) is 95.2 Å². The van der Waals surface area contributed by atoms with E-state index in [2.05, 4.69) is 26.1 Å². The van der Waals surface area contributed by atoms with Crippen LogP contribution in [0.5, 0.6) is 11.5 Å². The molecule has 1 amide bonds. The average molecular weight is 432 g/mol. The maximum Gasteiger partial charge on any atom is 0.355 e. The van der Waals surface area contributed by atoms with E-state index >= 15 is 0 Å². The Hall–Kier alpha value is -4.93. The second-order valence-corrected chi connectivity index (χ2v) is 6.30. The number of para-hydroxylation sites is 1. The zero-order valence-corrected chi connectivity index (χ0v) is 16.4. The van der Waals surface area contributed by atoms with Crippen molar-refractivity contribution >= 4 is 28.9 Å². The van der Waals surface area contributed by atoms with Crippen LogP contribution in [0.15, 0.2) is 83.7 Å². The highest BCUT2D eigenvalue weighted by Crippen LogP contribution is 2.31. The minimum Gasteiger partial charge on any atom is -0.459 e. The number of carbonyl (C=O) groups is 1. The van der Waals surface area contributed by atoms with Gasteiger partial charge >= 0.3 is 11.6 Å². The van der Waals surface area contributed by atoms with E-state index in [9.17, 15) is 14.9 Å². The molecule has 0 saturated heterocycles. The molecular formula is C21H16N6O5. The van der Waals surface area contributed by atoms with Gasteiger partial charge in [0.25, 0.3) is 0 Å². The van der Waals surface area contributed by atoms with E-state index in [1.165, 1.54) is 12.3 Å². The zero-order chi connectivity index (χ0) is 22.3. The lowest BCUT2D eigenvalue weighted by molar-refractivity contribution is -0.383. The summed E-state index contributed by atoms with van der Waals surface area (Å²) in [5, 5.41) is 14.5. The van der Waals surface area contributed by atoms with Gasteiger partial charge in [0, 0.05) is 5.69 Å². The molecular weight excluding hydrogens is 416 g/mol. The van der Waals surface area contributed by atoms with E-state index in [1.807, 2.05) is 30.3 Å². The van der Waals surface area contributed by atoms with Crippen molar-refractivity contribution in [1.82, 2.24) is 15.4 Å². The molecule has 0 unspecified atom stereocenters. The van der Waals surface area contributed by atoms with Gasteiger partial charge in [-0.25, -0.2) is 9.97 Å². The summed E-state index contributed by atoms with van der Waals surface area (Å²) in [6, 6.07) is 19.1. The highest BCUT2D eigenvalue weighted by molar-refractivity contribution is 5.92. The molecule has 0 fully saturated rings. The summed E-state index contributed by atoms with van der Waals surface area (Å²) in [6.07, 6.45) is 2.46. The normalized spacial score (nSPS) is 10.2. The number of aromatic nitrogens is 2. The number of amides is 1. The van der Waals surface area contributed by atoms with Gasteiger partial charge in [0.1, 0.15) is 17.8 Å². The number of ether oxygens (including phenoxy) is 1. The molecule has 3 N–H and O–H groups in total. The molecule has 2 aromatic carbocycles. The third-order valence-corrected chi connectivity index (χ3v) is 4.14. The number of nitrogens with one attached hydrogen (secondary N) is 3. The van der Waals surface area contributed by atoms with Crippen molar-refractivity contribution in [3.63, 3.8) is 0 Å². The third-order valence-electron chi connectivity index (χ3n) is 4.14. The van der Waals surface area contributed by atoms with Gasteiger partial charge in [0.15, 0.2) is 5.76 Å². The smallest absolute Gasteiger partial charge is 0.355 e. The number of carbonyl (C=O) groups excluding carboxylic acids is 1. The molecule has 0 radical (unpaired) electrons. The maximum atomic E-state index is 12.0. The maximum absolute atomic E-state index is 12.0. The molecule has 4 rings (SSSR count). The highest BCUT2D eigenvalue weighted by Gasteiger charge is 2.24. The molecule has 11 nitrogen and oxygen atoms in total. The number of anilines is 3. The number of furan rings is 1. The Kier molecular flexibility index (Phi) is 5.89. The van der Waals surface area contributed by atoms with E-state index in [0.717, 1.165) is 6.33 Å². The van der Waals surface area contributed by atoms with Crippen molar-refractivity contribution in [2.45, 2.75) is 0 Å². The van der Waals surface area contributed by atoms with Crippen LogP contribution in [0.25, 0.3) is 0 Å². The molecule has 4 aromatic rings. The number of hydrogen-bond acceptors (Lipinski definition) is 9. The first-order valence-electron chi connectivity index (χ1n) is 9.29. The van der Waals surface area contributed by atoms with E-state index in [0.29, 0.717) is 17.2 Å². The van der Waals surface area contributed by atoms with Crippen LogP contribution >= 0.6 is 0 Å². The first-order chi connectivity index (χ1) is 15.6. The molecule has 160 valence electrons. The predicted octanol–water partition coefficient (Wildman–Crippen LogP) is 4.27. The van der Waals surface area contributed by atoms with Crippen LogP contribution in [-0.4, -0.2) is 20.8 Å². The second-order valence-electron chi connectivity index (χ2n) is 6.30. The first-order valence-corrected chi connectivity index (χ1v) is 9.29. The lowest BCUT2D eigenvalue weighted by Crippen LogP contribution is -2.30. The molecule has 2 heterocycles. The van der Waals surface area contributed by atoms with Gasteiger partial charge in [-0.3, -0.25) is 25.8 Å². The zero-order valence-electron chi connectivity index (χ0n) is 16.4. The minimum absolute atomic E-state index is 0.0327. The fraction of sp³-hybridized carbons (Fsp3) is 0. The fourth-order valence-corrected chi connectivity index (χ4v) is 2.69. The van der Waals surface area contributed by atoms with Gasteiger partial charge in [-0.15, -0.1) is 0 Å². The molecule has 0 saturated carbocycles. The fourth-order valence-electron chi connectivity index (χ4n) is 2.69. The lowest BCUT2D eigenvalue weighted by atomic mass is 10.3. The molecule has 0 spiro atoms. The number of nitro groups is 1. The van der Waals surface area contributed by atoms with Gasteiger partial charge in [-0.2, -0.15) is 0 Å². The monoisotopic (exact) mass is 432 g/mol. The number of hydrazine groups is 1. The van der Waals surface area contributed by atoms with Crippen molar-refractivity contribution in [3.8, 4) is 11.5 Å². The van der Waals surface area contributed by atoms with Crippen molar-refractivity contribution in [2.24, 2.45) is 0 Å². The summed E-state index contributed by atoms with van der Waals surface area (Å²) in [4.78, 5) is 30.8. The van der Waals surface area contributed by atoms with Crippen molar-refractivity contribution in [2.75, 3.05) is 10.7 Å². The van der Waals surface area contributed by atoms with Gasteiger partial charge in [0.05, 0.1) is 11.2 Å². The van der Waals surface area contributed by atoms with E-state index in [-0.39, 0.29) is 17.4 Å². The quantitative estimate of drug-likeness (QED) is 0.274. The van der Waals surface area contributed by atoms with E-state index < -0.39 is 16.5 Å². The Morgan fingerprint density at radius 1 is 0.938 bits per heavy atom. The van der Waals surface area contributed by atoms with Gasteiger partial charge in [0.2, 0.25) is 11.6 Å². The Morgan fingerprint density at radius 2 is 1.66 bits per heavy atom. The van der Waals surface area contributed by atoms with E-state index in [4.69, 9.17) is 9.15 Å². The number of nitrogens with zero attached hydrogens (tertiary/aromatic N) is 3. The molecule has 0 aliphatic carbocycles. The van der Waals surface area contributed by atoms with Crippen LogP contribution in [-0.2, 0) is 0 Å². The molecule has 2 aromatic heterocycles. The van der Waals surface area contributed by atoms with Gasteiger partial charge < -0.3 is 14.5 Å². The van der Waals surface area contributed by atoms with Crippen LogP contribution in [0.2, 0.25) is 0 Å². The molecule has 32 heavy (non-hydrogen) atoms. The first kappa shape index (κ1) is 20.3. The summed E-state index contributed by atoms with van der Waals surface area (Å²) in [7, 11) is 0. The minimum atomic E-state index is -0.656. The van der Waals surface area contributed by atoms with Gasteiger partial charge in [-0.1, -0.05) is 18.2 Å². The average Bonchev–Trinajstić information content (AvgIpc) is 3.34. The molecule has 0 atom stereocenters. The number of benzene rings is 2. The Morgan fingerprint density at radius 3 is 2.34 bits per heavy atom. The highest BCUT2D eigenvalue weighted by atomic mass is 16.6. The summed E-state index contributed by atoms with van der Waals surface area (Å²) in [6.45, 7) is 0. The summed E-state index contributed by atoms with van der Waals surface area (Å²) < 4.78 is 10.7. The summed E-state index contributed by atoms with van der Waals surface area (Å²) >= 11 is 0.